The molecule has 2 N–H and O–H groups in total. The van der Waals surface area contributed by atoms with Gasteiger partial charge in [-0.2, -0.15) is 0 Å². The molecule has 1 aromatic carbocycles. The van der Waals surface area contributed by atoms with Crippen LogP contribution in [0, 0.1) is 11.8 Å². The number of nitrogens with zero attached hydrogens (tertiary/aromatic N) is 1. The Morgan fingerprint density at radius 3 is 2.53 bits per heavy atom. The van der Waals surface area contributed by atoms with Gasteiger partial charge in [0.05, 0.1) is 37.7 Å². The number of aliphatic hydroxyl groups is 1. The lowest BCUT2D eigenvalue weighted by Crippen LogP contribution is -2.43. The number of amides is 2. The Bertz CT molecular complexity index is 844. The van der Waals surface area contributed by atoms with Gasteiger partial charge in [0.2, 0.25) is 11.8 Å². The lowest BCUT2D eigenvalue weighted by molar-refractivity contribution is -0.152. The van der Waals surface area contributed by atoms with Crippen LogP contribution in [0.4, 0.5) is 0 Å². The topological polar surface area (TPSA) is 105 Å². The van der Waals surface area contributed by atoms with Gasteiger partial charge in [0.25, 0.3) is 0 Å². The summed E-state index contributed by atoms with van der Waals surface area (Å²) in [6.07, 6.45) is 6.46. The van der Waals surface area contributed by atoms with Gasteiger partial charge in [-0.15, -0.1) is 13.2 Å². The first-order valence-corrected chi connectivity index (χ1v) is 12.7. The molecule has 3 unspecified atom stereocenters. The molecule has 1 heterocycles. The quantitative estimate of drug-likeness (QED) is 0.194. The van der Waals surface area contributed by atoms with Gasteiger partial charge < -0.3 is 24.8 Å². The predicted molar refractivity (Wildman–Crippen MR) is 138 cm³/mol. The minimum absolute atomic E-state index is 0.0480. The number of rotatable bonds is 17. The number of carbonyl (C=O) groups excluding carboxylic acids is 3. The highest BCUT2D eigenvalue weighted by molar-refractivity contribution is 5.86. The molecule has 0 aromatic heterocycles. The monoisotopic (exact) mass is 500 g/mol. The molecule has 2 rings (SSSR count). The summed E-state index contributed by atoms with van der Waals surface area (Å²) >= 11 is 0. The van der Waals surface area contributed by atoms with Crippen LogP contribution in [0.1, 0.15) is 37.7 Å². The fraction of sp³-hybridized carbons (Fsp3) is 0.536. The van der Waals surface area contributed by atoms with E-state index in [1.54, 1.807) is 17.1 Å². The third-order valence-electron chi connectivity index (χ3n) is 6.22. The number of ether oxygens (including phenoxy) is 2. The highest BCUT2D eigenvalue weighted by Gasteiger charge is 2.34. The molecule has 8 nitrogen and oxygen atoms in total. The zero-order valence-electron chi connectivity index (χ0n) is 21.1. The smallest absolute Gasteiger partial charge is 0.309 e. The van der Waals surface area contributed by atoms with Crippen molar-refractivity contribution < 1.29 is 29.0 Å². The second kappa shape index (κ2) is 16.7. The van der Waals surface area contributed by atoms with E-state index in [1.165, 1.54) is 0 Å². The number of allylic oxidation sites excluding steroid dienone is 2. The van der Waals surface area contributed by atoms with Crippen molar-refractivity contribution in [3.8, 4) is 0 Å². The van der Waals surface area contributed by atoms with Crippen LogP contribution in [0.5, 0.6) is 0 Å². The number of hydrogen-bond donors (Lipinski definition) is 2. The van der Waals surface area contributed by atoms with Crippen molar-refractivity contribution in [2.75, 3.05) is 39.5 Å². The molecule has 1 fully saturated rings. The van der Waals surface area contributed by atoms with Crippen LogP contribution in [0.25, 0.3) is 0 Å². The zero-order valence-corrected chi connectivity index (χ0v) is 21.1. The molecule has 1 saturated heterocycles. The molecule has 1 aliphatic rings. The van der Waals surface area contributed by atoms with E-state index >= 15 is 0 Å². The van der Waals surface area contributed by atoms with Crippen LogP contribution >= 0.6 is 0 Å². The van der Waals surface area contributed by atoms with E-state index in [-0.39, 0.29) is 56.0 Å². The van der Waals surface area contributed by atoms with Crippen molar-refractivity contribution in [3.05, 3.63) is 61.2 Å². The van der Waals surface area contributed by atoms with Gasteiger partial charge in [-0.05, 0) is 37.7 Å². The average molecular weight is 501 g/mol. The van der Waals surface area contributed by atoms with E-state index in [0.29, 0.717) is 39.0 Å². The van der Waals surface area contributed by atoms with E-state index in [2.05, 4.69) is 18.5 Å². The van der Waals surface area contributed by atoms with Crippen LogP contribution in [0.3, 0.4) is 0 Å². The summed E-state index contributed by atoms with van der Waals surface area (Å²) in [4.78, 5) is 40.3. The molecule has 0 aliphatic carbocycles. The van der Waals surface area contributed by atoms with Crippen molar-refractivity contribution in [2.24, 2.45) is 11.8 Å². The second-order valence-electron chi connectivity index (χ2n) is 8.98. The van der Waals surface area contributed by atoms with Gasteiger partial charge >= 0.3 is 5.97 Å². The van der Waals surface area contributed by atoms with Gasteiger partial charge in [0.1, 0.15) is 6.61 Å². The van der Waals surface area contributed by atoms with Crippen LogP contribution in [-0.2, 0) is 30.3 Å². The van der Waals surface area contributed by atoms with Crippen LogP contribution < -0.4 is 5.32 Å². The Morgan fingerprint density at radius 2 is 1.83 bits per heavy atom. The van der Waals surface area contributed by atoms with Gasteiger partial charge in [-0.25, -0.2) is 0 Å². The van der Waals surface area contributed by atoms with Crippen molar-refractivity contribution in [1.82, 2.24) is 10.2 Å². The molecule has 1 aliphatic heterocycles. The minimum Gasteiger partial charge on any atom is -0.463 e. The molecule has 36 heavy (non-hydrogen) atoms. The second-order valence-corrected chi connectivity index (χ2v) is 8.98. The first kappa shape index (κ1) is 29.3. The molecule has 198 valence electrons. The van der Waals surface area contributed by atoms with Crippen molar-refractivity contribution >= 4 is 17.8 Å². The zero-order chi connectivity index (χ0) is 26.2. The molecule has 0 saturated carbocycles. The number of nitrogens with one attached hydrogen (secondary N) is 1. The summed E-state index contributed by atoms with van der Waals surface area (Å²) in [6, 6.07) is 9.59. The first-order chi connectivity index (χ1) is 17.5. The summed E-state index contributed by atoms with van der Waals surface area (Å²) in [6.45, 7) is 8.98. The summed E-state index contributed by atoms with van der Waals surface area (Å²) in [5.74, 6) is -1.49. The number of benzene rings is 1. The molecule has 8 heteroatoms. The Morgan fingerprint density at radius 1 is 1.11 bits per heavy atom. The van der Waals surface area contributed by atoms with Crippen molar-refractivity contribution in [2.45, 2.75) is 44.6 Å². The summed E-state index contributed by atoms with van der Waals surface area (Å²) in [5.41, 5.74) is 1.06. The van der Waals surface area contributed by atoms with E-state index in [9.17, 15) is 14.4 Å². The predicted octanol–water partition coefficient (Wildman–Crippen LogP) is 2.66. The molecular weight excluding hydrogens is 460 g/mol. The van der Waals surface area contributed by atoms with Crippen LogP contribution in [-0.4, -0.2) is 73.3 Å². The number of likely N-dealkylation sites (tertiary alicyclic amines) is 1. The molecular formula is C28H40N2O6. The Balaban J connectivity index is 1.90. The van der Waals surface area contributed by atoms with Crippen molar-refractivity contribution in [3.63, 3.8) is 0 Å². The maximum Gasteiger partial charge on any atom is 0.309 e. The normalized spacial score (nSPS) is 16.7. The Kier molecular flexibility index (Phi) is 13.5. The standard InChI is InChI=1S/C28H40N2O6/c1-3-9-23(20-26(32)29-14-17-35-18-16-31)27(33)30-15-8-13-25(30)21-36-28(34)24(10-4-2)19-22-11-6-5-7-12-22/h3-7,11-12,23-25,31H,1-2,8-10,13-21H2,(H,29,32). The number of esters is 1. The van der Waals surface area contributed by atoms with Gasteiger partial charge in [0, 0.05) is 19.5 Å². The first-order valence-electron chi connectivity index (χ1n) is 12.7. The van der Waals surface area contributed by atoms with E-state index < -0.39 is 5.92 Å². The molecule has 0 radical (unpaired) electrons. The minimum atomic E-state index is -0.524. The maximum atomic E-state index is 13.3. The number of carbonyl (C=O) groups is 3. The summed E-state index contributed by atoms with van der Waals surface area (Å²) < 4.78 is 10.8. The third-order valence-corrected chi connectivity index (χ3v) is 6.22. The van der Waals surface area contributed by atoms with Gasteiger partial charge in [-0.1, -0.05) is 42.5 Å². The average Bonchev–Trinajstić information content (AvgIpc) is 3.35. The van der Waals surface area contributed by atoms with E-state index in [1.807, 2.05) is 30.3 Å². The SMILES string of the molecule is C=CCC(Cc1ccccc1)C(=O)OCC1CCCN1C(=O)C(CC=C)CC(=O)NCCOCCO. The summed E-state index contributed by atoms with van der Waals surface area (Å²) in [5, 5.41) is 11.5. The third kappa shape index (κ3) is 9.95. The lowest BCUT2D eigenvalue weighted by Gasteiger charge is -2.28. The summed E-state index contributed by atoms with van der Waals surface area (Å²) in [7, 11) is 0. The fourth-order valence-electron chi connectivity index (χ4n) is 4.39. The molecule has 0 bridgehead atoms. The maximum absolute atomic E-state index is 13.3. The molecule has 2 amide bonds. The van der Waals surface area contributed by atoms with E-state index in [0.717, 1.165) is 18.4 Å². The van der Waals surface area contributed by atoms with Crippen molar-refractivity contribution in [1.29, 1.82) is 0 Å². The molecule has 3 atom stereocenters. The largest absolute Gasteiger partial charge is 0.463 e. The lowest BCUT2D eigenvalue weighted by atomic mass is 9.96. The molecule has 0 spiro atoms. The number of aliphatic hydroxyl groups excluding tert-OH is 1. The highest BCUT2D eigenvalue weighted by Crippen LogP contribution is 2.24. The fourth-order valence-corrected chi connectivity index (χ4v) is 4.39. The van der Waals surface area contributed by atoms with Crippen LogP contribution in [0.2, 0.25) is 0 Å². The van der Waals surface area contributed by atoms with E-state index in [4.69, 9.17) is 14.6 Å². The van der Waals surface area contributed by atoms with Gasteiger partial charge in [0.15, 0.2) is 0 Å². The van der Waals surface area contributed by atoms with Crippen LogP contribution in [0.15, 0.2) is 55.6 Å². The number of hydrogen-bond acceptors (Lipinski definition) is 6. The Labute approximate surface area is 214 Å². The van der Waals surface area contributed by atoms with Gasteiger partial charge in [-0.3, -0.25) is 14.4 Å². The molecule has 1 aromatic rings. The highest BCUT2D eigenvalue weighted by atomic mass is 16.5. The Hall–Kier alpha value is -2.97.